The van der Waals surface area contributed by atoms with Crippen LogP contribution in [0.2, 0.25) is 0 Å². The number of benzene rings is 3. The van der Waals surface area contributed by atoms with Crippen LogP contribution in [0.15, 0.2) is 65.6 Å². The molecule has 16 heteroatoms. The van der Waals surface area contributed by atoms with Gasteiger partial charge in [-0.25, -0.2) is 8.42 Å². The Balaban J connectivity index is 1.66. The van der Waals surface area contributed by atoms with Crippen LogP contribution in [0.1, 0.15) is 12.5 Å². The van der Waals surface area contributed by atoms with E-state index in [2.05, 4.69) is 20.7 Å². The van der Waals surface area contributed by atoms with Crippen molar-refractivity contribution in [1.82, 2.24) is 20.7 Å². The largest absolute Gasteiger partial charge is 0.480 e. The zero-order valence-electron chi connectivity index (χ0n) is 24.1. The molecule has 3 rings (SSSR count). The van der Waals surface area contributed by atoms with E-state index in [-0.39, 0.29) is 17.0 Å². The first kappa shape index (κ1) is 33.4. The quantitative estimate of drug-likeness (QED) is 0.123. The minimum Gasteiger partial charge on any atom is -0.480 e. The molecular weight excluding hydrogens is 596 g/mol. The van der Waals surface area contributed by atoms with E-state index < -0.39 is 63.8 Å². The molecule has 3 aromatic carbocycles. The number of nitrogens with zero attached hydrogens (tertiary/aromatic N) is 2. The number of carbonyl (C=O) groups excluding carboxylic acids is 3. The number of nitrogens with one attached hydrogen (secondary N) is 4. The summed E-state index contributed by atoms with van der Waals surface area (Å²) in [6.07, 6.45) is -0.139. The standard InChI is InChI=1S/C28H32N6O9S/c1-17(32-44(42,43)24-9-5-6-20-21(24)7-4-8-23(20)33(2)3)27(38)29-15-25(35)31-22(28(39)30-16-26(36)37)14-18-10-12-19(13-11-18)34(40)41/h4-13,17,22,32H,14-16H2,1-3H3,(H,29,38)(H,30,39)(H,31,35)(H,36,37)/t17-,22?/m1/s1. The molecule has 0 aliphatic carbocycles. The molecule has 2 atom stereocenters. The normalized spacial score (nSPS) is 12.5. The molecule has 0 fully saturated rings. The van der Waals surface area contributed by atoms with E-state index in [4.69, 9.17) is 5.11 Å². The first-order chi connectivity index (χ1) is 20.7. The predicted octanol–water partition coefficient (Wildman–Crippen LogP) is 0.525. The molecule has 0 saturated carbocycles. The summed E-state index contributed by atoms with van der Waals surface area (Å²) in [5.74, 6) is -3.79. The van der Waals surface area contributed by atoms with Crippen molar-refractivity contribution in [3.8, 4) is 0 Å². The van der Waals surface area contributed by atoms with Crippen LogP contribution in [0.3, 0.4) is 0 Å². The first-order valence-corrected chi connectivity index (χ1v) is 14.7. The van der Waals surface area contributed by atoms with E-state index in [1.165, 1.54) is 37.3 Å². The summed E-state index contributed by atoms with van der Waals surface area (Å²) in [5, 5.41) is 27.8. The SMILES string of the molecule is C[C@@H](NS(=O)(=O)c1cccc2c(N(C)C)cccc12)C(=O)NCC(=O)NC(Cc1ccc([N+](=O)[O-])cc1)C(=O)NCC(=O)O. The fourth-order valence-corrected chi connectivity index (χ4v) is 5.71. The summed E-state index contributed by atoms with van der Waals surface area (Å²) in [5.41, 5.74) is 1.06. The van der Waals surface area contributed by atoms with Gasteiger partial charge in [-0.3, -0.25) is 29.3 Å². The van der Waals surface area contributed by atoms with Crippen LogP contribution in [-0.4, -0.2) is 81.4 Å². The Morgan fingerprint density at radius 3 is 2.14 bits per heavy atom. The Hall–Kier alpha value is -5.09. The number of nitro benzene ring substituents is 1. The van der Waals surface area contributed by atoms with Gasteiger partial charge in [0.1, 0.15) is 12.6 Å². The van der Waals surface area contributed by atoms with Crippen molar-refractivity contribution in [3.05, 3.63) is 76.3 Å². The van der Waals surface area contributed by atoms with Gasteiger partial charge in [-0.05, 0) is 24.6 Å². The molecular formula is C28H32N6O9S. The molecule has 234 valence electrons. The van der Waals surface area contributed by atoms with Crippen molar-refractivity contribution >= 4 is 55.9 Å². The number of sulfonamides is 1. The Kier molecular flexibility index (Phi) is 10.9. The van der Waals surface area contributed by atoms with Gasteiger partial charge in [0.15, 0.2) is 0 Å². The second-order valence-corrected chi connectivity index (χ2v) is 11.6. The molecule has 0 bridgehead atoms. The highest BCUT2D eigenvalue weighted by Crippen LogP contribution is 2.30. The third-order valence-corrected chi connectivity index (χ3v) is 8.03. The van der Waals surface area contributed by atoms with Crippen LogP contribution in [-0.2, 0) is 35.6 Å². The van der Waals surface area contributed by atoms with Gasteiger partial charge in [0.25, 0.3) is 5.69 Å². The van der Waals surface area contributed by atoms with Gasteiger partial charge in [-0.15, -0.1) is 0 Å². The maximum atomic E-state index is 13.2. The fraction of sp³-hybridized carbons (Fsp3) is 0.286. The minimum atomic E-state index is -4.17. The number of fused-ring (bicyclic) bond motifs is 1. The third kappa shape index (κ3) is 8.71. The highest BCUT2D eigenvalue weighted by Gasteiger charge is 2.26. The predicted molar refractivity (Wildman–Crippen MR) is 160 cm³/mol. The highest BCUT2D eigenvalue weighted by atomic mass is 32.2. The molecule has 0 aliphatic rings. The second-order valence-electron chi connectivity index (χ2n) is 9.94. The fourth-order valence-electron chi connectivity index (χ4n) is 4.29. The maximum Gasteiger partial charge on any atom is 0.322 e. The van der Waals surface area contributed by atoms with Crippen molar-refractivity contribution in [2.24, 2.45) is 0 Å². The Labute approximate surface area is 252 Å². The van der Waals surface area contributed by atoms with Crippen molar-refractivity contribution in [1.29, 1.82) is 0 Å². The lowest BCUT2D eigenvalue weighted by atomic mass is 10.0. The third-order valence-electron chi connectivity index (χ3n) is 6.43. The number of carbonyl (C=O) groups is 4. The first-order valence-electron chi connectivity index (χ1n) is 13.2. The second kappa shape index (κ2) is 14.4. The lowest BCUT2D eigenvalue weighted by Crippen LogP contribution is -2.52. The maximum absolute atomic E-state index is 13.2. The highest BCUT2D eigenvalue weighted by molar-refractivity contribution is 7.89. The number of nitro groups is 1. The number of carboxylic acid groups (broad SMARTS) is 1. The lowest BCUT2D eigenvalue weighted by Gasteiger charge is -2.20. The van der Waals surface area contributed by atoms with E-state index in [9.17, 15) is 37.7 Å². The van der Waals surface area contributed by atoms with Crippen LogP contribution in [0.4, 0.5) is 11.4 Å². The summed E-state index contributed by atoms with van der Waals surface area (Å²) >= 11 is 0. The number of hydrogen-bond acceptors (Lipinski definition) is 9. The van der Waals surface area contributed by atoms with Gasteiger partial charge in [-0.2, -0.15) is 4.72 Å². The Morgan fingerprint density at radius 1 is 0.909 bits per heavy atom. The summed E-state index contributed by atoms with van der Waals surface area (Å²) in [6, 6.07) is 12.7. The monoisotopic (exact) mass is 628 g/mol. The van der Waals surface area contributed by atoms with E-state index in [0.29, 0.717) is 16.3 Å². The van der Waals surface area contributed by atoms with Gasteiger partial charge in [0, 0.05) is 49.1 Å². The van der Waals surface area contributed by atoms with Gasteiger partial charge >= 0.3 is 5.97 Å². The zero-order chi connectivity index (χ0) is 32.6. The molecule has 0 aliphatic heterocycles. The van der Waals surface area contributed by atoms with Gasteiger partial charge in [-0.1, -0.05) is 36.4 Å². The number of amides is 3. The van der Waals surface area contributed by atoms with Crippen molar-refractivity contribution in [2.45, 2.75) is 30.3 Å². The van der Waals surface area contributed by atoms with Crippen LogP contribution in [0.5, 0.6) is 0 Å². The molecule has 0 heterocycles. The summed E-state index contributed by atoms with van der Waals surface area (Å²) < 4.78 is 28.8. The molecule has 15 nitrogen and oxygen atoms in total. The van der Waals surface area contributed by atoms with Gasteiger partial charge in [0.2, 0.25) is 27.7 Å². The number of aliphatic carboxylic acids is 1. The van der Waals surface area contributed by atoms with Crippen LogP contribution in [0, 0.1) is 10.1 Å². The number of hydrogen-bond donors (Lipinski definition) is 5. The van der Waals surface area contributed by atoms with Crippen LogP contribution < -0.4 is 25.6 Å². The summed E-state index contributed by atoms with van der Waals surface area (Å²) in [4.78, 5) is 60.9. The average Bonchev–Trinajstić information content (AvgIpc) is 2.97. The lowest BCUT2D eigenvalue weighted by molar-refractivity contribution is -0.384. The molecule has 3 aromatic rings. The van der Waals surface area contributed by atoms with E-state index in [1.807, 2.05) is 25.1 Å². The molecule has 5 N–H and O–H groups in total. The number of carboxylic acids is 1. The zero-order valence-corrected chi connectivity index (χ0v) is 24.9. The molecule has 0 spiro atoms. The molecule has 0 radical (unpaired) electrons. The van der Waals surface area contributed by atoms with Gasteiger partial charge in [0.05, 0.1) is 22.4 Å². The Morgan fingerprint density at radius 2 is 1.52 bits per heavy atom. The molecule has 0 saturated heterocycles. The van der Waals surface area contributed by atoms with E-state index in [0.717, 1.165) is 5.69 Å². The Bertz CT molecular complexity index is 1680. The van der Waals surface area contributed by atoms with Crippen molar-refractivity contribution in [2.75, 3.05) is 32.1 Å². The smallest absolute Gasteiger partial charge is 0.322 e. The summed E-state index contributed by atoms with van der Waals surface area (Å²) in [6.45, 7) is -0.0424. The van der Waals surface area contributed by atoms with Crippen molar-refractivity contribution in [3.63, 3.8) is 0 Å². The summed E-state index contributed by atoms with van der Waals surface area (Å²) in [7, 11) is -0.511. The molecule has 44 heavy (non-hydrogen) atoms. The number of rotatable bonds is 14. The topological polar surface area (TPSA) is 217 Å². The van der Waals surface area contributed by atoms with Gasteiger partial charge < -0.3 is 26.0 Å². The average molecular weight is 629 g/mol. The van der Waals surface area contributed by atoms with Crippen LogP contribution >= 0.6 is 0 Å². The molecule has 1 unspecified atom stereocenters. The van der Waals surface area contributed by atoms with E-state index in [1.54, 1.807) is 24.3 Å². The number of anilines is 1. The molecule has 0 aromatic heterocycles. The molecule has 3 amide bonds. The minimum absolute atomic E-state index is 0.0300. The van der Waals surface area contributed by atoms with Crippen molar-refractivity contribution < 1.29 is 37.6 Å². The van der Waals surface area contributed by atoms with E-state index >= 15 is 0 Å². The number of non-ortho nitro benzene ring substituents is 1. The van der Waals surface area contributed by atoms with Crippen LogP contribution in [0.25, 0.3) is 10.8 Å².